The molecule has 1 aliphatic carbocycles. The van der Waals surface area contributed by atoms with E-state index in [0.717, 1.165) is 25.4 Å². The number of sulfonamides is 1. The van der Waals surface area contributed by atoms with Crippen LogP contribution in [0.1, 0.15) is 26.2 Å². The zero-order valence-corrected chi connectivity index (χ0v) is 12.2. The minimum atomic E-state index is -3.04. The van der Waals surface area contributed by atoms with Crippen LogP contribution in [0.2, 0.25) is 0 Å². The van der Waals surface area contributed by atoms with E-state index >= 15 is 0 Å². The number of piperazine rings is 1. The van der Waals surface area contributed by atoms with E-state index in [4.69, 9.17) is 5.73 Å². The van der Waals surface area contributed by atoms with Crippen molar-refractivity contribution in [3.63, 3.8) is 0 Å². The lowest BCUT2D eigenvalue weighted by atomic mass is 9.92. The molecule has 0 aromatic carbocycles. The second-order valence-electron chi connectivity index (χ2n) is 6.00. The summed E-state index contributed by atoms with van der Waals surface area (Å²) in [5.41, 5.74) is 6.01. The molecule has 2 N–H and O–H groups in total. The number of nitrogens with two attached hydrogens (primary N) is 1. The molecule has 0 spiro atoms. The maximum atomic E-state index is 11.5. The Morgan fingerprint density at radius 3 is 2.17 bits per heavy atom. The van der Waals surface area contributed by atoms with E-state index in [-0.39, 0.29) is 5.54 Å². The van der Waals surface area contributed by atoms with Gasteiger partial charge in [-0.1, -0.05) is 12.8 Å². The number of rotatable bonds is 5. The minimum absolute atomic E-state index is 0.0464. The van der Waals surface area contributed by atoms with Crippen LogP contribution in [-0.4, -0.2) is 62.1 Å². The summed E-state index contributed by atoms with van der Waals surface area (Å²) in [6, 6.07) is 0. The van der Waals surface area contributed by atoms with Crippen LogP contribution in [-0.2, 0) is 10.0 Å². The third kappa shape index (κ3) is 3.23. The molecular weight excluding hydrogens is 250 g/mol. The van der Waals surface area contributed by atoms with Gasteiger partial charge in [-0.15, -0.1) is 0 Å². The molecule has 1 saturated heterocycles. The van der Waals surface area contributed by atoms with Gasteiger partial charge in [0.1, 0.15) is 0 Å². The normalized spacial score (nSPS) is 27.1. The fourth-order valence-corrected chi connectivity index (χ4v) is 3.67. The van der Waals surface area contributed by atoms with Crippen LogP contribution < -0.4 is 5.73 Å². The van der Waals surface area contributed by atoms with Gasteiger partial charge in [0.05, 0.1) is 6.26 Å². The molecule has 2 aliphatic rings. The van der Waals surface area contributed by atoms with Crippen molar-refractivity contribution >= 4 is 10.0 Å². The third-order valence-corrected chi connectivity index (χ3v) is 5.64. The first kappa shape index (κ1) is 14.2. The van der Waals surface area contributed by atoms with Gasteiger partial charge in [-0.25, -0.2) is 8.42 Å². The molecule has 5 nitrogen and oxygen atoms in total. The Morgan fingerprint density at radius 2 is 1.78 bits per heavy atom. The Labute approximate surface area is 110 Å². The maximum absolute atomic E-state index is 11.5. The van der Waals surface area contributed by atoms with Gasteiger partial charge < -0.3 is 5.73 Å². The summed E-state index contributed by atoms with van der Waals surface area (Å²) in [5.74, 6) is 0.839. The Hall–Kier alpha value is -0.170. The Bertz CT molecular complexity index is 386. The van der Waals surface area contributed by atoms with Crippen molar-refractivity contribution < 1.29 is 8.42 Å². The van der Waals surface area contributed by atoms with Gasteiger partial charge in [0.25, 0.3) is 0 Å². The summed E-state index contributed by atoms with van der Waals surface area (Å²) in [7, 11) is -3.04. The Kier molecular flexibility index (Phi) is 4.02. The average molecular weight is 275 g/mol. The van der Waals surface area contributed by atoms with Gasteiger partial charge in [-0.3, -0.25) is 4.90 Å². The molecule has 0 aromatic heterocycles. The van der Waals surface area contributed by atoms with Crippen molar-refractivity contribution in [3.8, 4) is 0 Å². The average Bonchev–Trinajstić information content (AvgIpc) is 3.12. The molecule has 1 heterocycles. The molecule has 0 amide bonds. The van der Waals surface area contributed by atoms with E-state index < -0.39 is 10.0 Å². The topological polar surface area (TPSA) is 66.6 Å². The van der Waals surface area contributed by atoms with Crippen molar-refractivity contribution in [2.24, 2.45) is 11.7 Å². The van der Waals surface area contributed by atoms with Crippen molar-refractivity contribution in [2.75, 3.05) is 39.0 Å². The van der Waals surface area contributed by atoms with Crippen LogP contribution in [0.3, 0.4) is 0 Å². The van der Waals surface area contributed by atoms with E-state index in [1.54, 1.807) is 4.31 Å². The van der Waals surface area contributed by atoms with Crippen LogP contribution in [0.25, 0.3) is 0 Å². The highest BCUT2D eigenvalue weighted by atomic mass is 32.2. The molecule has 0 aromatic rings. The summed E-state index contributed by atoms with van der Waals surface area (Å²) >= 11 is 0. The molecule has 0 bridgehead atoms. The van der Waals surface area contributed by atoms with Gasteiger partial charge >= 0.3 is 0 Å². The smallest absolute Gasteiger partial charge is 0.211 e. The van der Waals surface area contributed by atoms with Crippen LogP contribution >= 0.6 is 0 Å². The predicted molar refractivity (Wildman–Crippen MR) is 72.8 cm³/mol. The molecule has 0 radical (unpaired) electrons. The summed E-state index contributed by atoms with van der Waals surface area (Å²) in [6.45, 7) is 5.67. The van der Waals surface area contributed by atoms with E-state index in [2.05, 4.69) is 11.8 Å². The van der Waals surface area contributed by atoms with Gasteiger partial charge in [-0.05, 0) is 19.3 Å². The highest BCUT2D eigenvalue weighted by molar-refractivity contribution is 7.88. The van der Waals surface area contributed by atoms with Gasteiger partial charge in [-0.2, -0.15) is 4.31 Å². The maximum Gasteiger partial charge on any atom is 0.211 e. The lowest BCUT2D eigenvalue weighted by Gasteiger charge is -2.45. The van der Waals surface area contributed by atoms with E-state index in [0.29, 0.717) is 19.6 Å². The zero-order valence-electron chi connectivity index (χ0n) is 11.4. The van der Waals surface area contributed by atoms with E-state index in [1.165, 1.54) is 19.1 Å². The highest BCUT2D eigenvalue weighted by Crippen LogP contribution is 2.38. The molecule has 1 unspecified atom stereocenters. The molecule has 18 heavy (non-hydrogen) atoms. The van der Waals surface area contributed by atoms with Crippen molar-refractivity contribution in [2.45, 2.75) is 31.7 Å². The highest BCUT2D eigenvalue weighted by Gasteiger charge is 2.38. The van der Waals surface area contributed by atoms with Crippen molar-refractivity contribution in [1.29, 1.82) is 0 Å². The van der Waals surface area contributed by atoms with Crippen LogP contribution in [0.5, 0.6) is 0 Å². The SMILES string of the molecule is CC(CN)(CC1CC1)N1CCN(S(C)(=O)=O)CC1. The molecule has 1 aliphatic heterocycles. The first-order valence-corrected chi connectivity index (χ1v) is 8.60. The van der Waals surface area contributed by atoms with Crippen LogP contribution in [0, 0.1) is 5.92 Å². The lowest BCUT2D eigenvalue weighted by Crippen LogP contribution is -2.59. The molecule has 1 atom stereocenters. The van der Waals surface area contributed by atoms with Gasteiger partial charge in [0.2, 0.25) is 10.0 Å². The summed E-state index contributed by atoms with van der Waals surface area (Å²) in [6.07, 6.45) is 5.11. The van der Waals surface area contributed by atoms with Gasteiger partial charge in [0, 0.05) is 38.3 Å². The predicted octanol–water partition coefficient (Wildman–Crippen LogP) is 0.0811. The molecule has 2 fully saturated rings. The molecule has 6 heteroatoms. The third-order valence-electron chi connectivity index (χ3n) is 4.34. The molecule has 1 saturated carbocycles. The Morgan fingerprint density at radius 1 is 1.22 bits per heavy atom. The Balaban J connectivity index is 1.94. The summed E-state index contributed by atoms with van der Waals surface area (Å²) in [4.78, 5) is 2.38. The second kappa shape index (κ2) is 5.07. The largest absolute Gasteiger partial charge is 0.329 e. The van der Waals surface area contributed by atoms with Crippen LogP contribution in [0.4, 0.5) is 0 Å². The fraction of sp³-hybridized carbons (Fsp3) is 1.00. The second-order valence-corrected chi connectivity index (χ2v) is 7.98. The summed E-state index contributed by atoms with van der Waals surface area (Å²) < 4.78 is 24.5. The number of nitrogens with zero attached hydrogens (tertiary/aromatic N) is 2. The van der Waals surface area contributed by atoms with Gasteiger partial charge in [0.15, 0.2) is 0 Å². The van der Waals surface area contributed by atoms with E-state index in [1.807, 2.05) is 0 Å². The fourth-order valence-electron chi connectivity index (χ4n) is 2.84. The van der Waals surface area contributed by atoms with Crippen molar-refractivity contribution in [1.82, 2.24) is 9.21 Å². The minimum Gasteiger partial charge on any atom is -0.329 e. The number of hydrogen-bond donors (Lipinski definition) is 1. The molecule has 106 valence electrons. The van der Waals surface area contributed by atoms with Crippen LogP contribution in [0.15, 0.2) is 0 Å². The van der Waals surface area contributed by atoms with Crippen molar-refractivity contribution in [3.05, 3.63) is 0 Å². The monoisotopic (exact) mass is 275 g/mol. The quantitative estimate of drug-likeness (QED) is 0.772. The lowest BCUT2D eigenvalue weighted by molar-refractivity contribution is 0.0614. The summed E-state index contributed by atoms with van der Waals surface area (Å²) in [5, 5.41) is 0. The number of hydrogen-bond acceptors (Lipinski definition) is 4. The zero-order chi connectivity index (χ0) is 13.4. The first-order valence-electron chi connectivity index (χ1n) is 6.75. The molecular formula is C12H25N3O2S. The first-order chi connectivity index (χ1) is 8.35. The standard InChI is InChI=1S/C12H25N3O2S/c1-12(10-13,9-11-3-4-11)14-5-7-15(8-6-14)18(2,16)17/h11H,3-10,13H2,1-2H3. The molecule has 2 rings (SSSR count). The van der Waals surface area contributed by atoms with E-state index in [9.17, 15) is 8.42 Å².